The summed E-state index contributed by atoms with van der Waals surface area (Å²) < 4.78 is 24.8. The van der Waals surface area contributed by atoms with E-state index in [0.29, 0.717) is 29.6 Å². The summed E-state index contributed by atoms with van der Waals surface area (Å²) in [6, 6.07) is 11.9. The van der Waals surface area contributed by atoms with E-state index in [9.17, 15) is 9.18 Å². The smallest absolute Gasteiger partial charge is 0.266 e. The predicted octanol–water partition coefficient (Wildman–Crippen LogP) is 5.89. The molecule has 0 unspecified atom stereocenters. The number of carbonyl (C=O) groups excluding carboxylic acids is 1. The number of nitrogens with zero attached hydrogens (tertiary/aromatic N) is 2. The fourth-order valence-electron chi connectivity index (χ4n) is 3.15. The van der Waals surface area contributed by atoms with E-state index in [0.717, 1.165) is 16.3 Å². The Hall–Kier alpha value is -2.80. The molecule has 5 nitrogen and oxygen atoms in total. The van der Waals surface area contributed by atoms with Crippen LogP contribution in [-0.4, -0.2) is 34.7 Å². The van der Waals surface area contributed by atoms with Gasteiger partial charge in [0.1, 0.15) is 12.4 Å². The van der Waals surface area contributed by atoms with Crippen molar-refractivity contribution in [3.63, 3.8) is 0 Å². The molecule has 2 aromatic carbocycles. The summed E-state index contributed by atoms with van der Waals surface area (Å²) in [5.41, 5.74) is 1.70. The Morgan fingerprint density at radius 2 is 1.78 bits per heavy atom. The molecule has 1 amide bonds. The molecular weight excluding hydrogens is 427 g/mol. The van der Waals surface area contributed by atoms with Gasteiger partial charge >= 0.3 is 0 Å². The van der Waals surface area contributed by atoms with Gasteiger partial charge in [-0.25, -0.2) is 4.39 Å². The number of hydrogen-bond donors (Lipinski definition) is 0. The Bertz CT molecular complexity index is 1020. The molecule has 1 aliphatic heterocycles. The zero-order valence-corrected chi connectivity index (χ0v) is 19.9. The molecular formula is C25H29FN2O3S. The average molecular weight is 457 g/mol. The molecule has 3 rings (SSSR count). The SMILES string of the molecule is CCOc1cc(/C=C2/SC(=NC(C)C)N(C(C)C)C2=O)ccc1OCc1ccc(F)cc1. The second kappa shape index (κ2) is 10.7. The highest BCUT2D eigenvalue weighted by Crippen LogP contribution is 2.36. The fraction of sp³-hybridized carbons (Fsp3) is 0.360. The first-order valence-corrected chi connectivity index (χ1v) is 11.5. The van der Waals surface area contributed by atoms with Crippen LogP contribution in [0.15, 0.2) is 52.4 Å². The summed E-state index contributed by atoms with van der Waals surface area (Å²) in [6.45, 7) is 10.6. The first-order valence-electron chi connectivity index (χ1n) is 10.7. The molecule has 1 fully saturated rings. The zero-order chi connectivity index (χ0) is 23.3. The van der Waals surface area contributed by atoms with Crippen LogP contribution in [0.25, 0.3) is 6.08 Å². The van der Waals surface area contributed by atoms with Crippen molar-refractivity contribution in [3.05, 3.63) is 64.3 Å². The van der Waals surface area contributed by atoms with Crippen LogP contribution >= 0.6 is 11.8 Å². The van der Waals surface area contributed by atoms with E-state index >= 15 is 0 Å². The first kappa shape index (κ1) is 23.9. The zero-order valence-electron chi connectivity index (χ0n) is 19.1. The van der Waals surface area contributed by atoms with Gasteiger partial charge in [-0.05, 0) is 87.8 Å². The summed E-state index contributed by atoms with van der Waals surface area (Å²) in [6.07, 6.45) is 1.86. The summed E-state index contributed by atoms with van der Waals surface area (Å²) in [5, 5.41) is 0.732. The molecule has 170 valence electrons. The van der Waals surface area contributed by atoms with Gasteiger partial charge in [-0.1, -0.05) is 18.2 Å². The van der Waals surface area contributed by atoms with Gasteiger partial charge in [0.2, 0.25) is 0 Å². The van der Waals surface area contributed by atoms with Crippen LogP contribution in [0.2, 0.25) is 0 Å². The molecule has 0 aromatic heterocycles. The van der Waals surface area contributed by atoms with Crippen molar-refractivity contribution in [2.75, 3.05) is 6.61 Å². The van der Waals surface area contributed by atoms with Crippen molar-refractivity contribution in [2.24, 2.45) is 4.99 Å². The number of amides is 1. The van der Waals surface area contributed by atoms with Crippen LogP contribution in [0.1, 0.15) is 45.7 Å². The summed E-state index contributed by atoms with van der Waals surface area (Å²) in [7, 11) is 0. The van der Waals surface area contributed by atoms with E-state index in [-0.39, 0.29) is 23.8 Å². The Labute approximate surface area is 193 Å². The van der Waals surface area contributed by atoms with E-state index in [1.165, 1.54) is 23.9 Å². The number of thioether (sulfide) groups is 1. The second-order valence-electron chi connectivity index (χ2n) is 7.94. The fourth-order valence-corrected chi connectivity index (χ4v) is 4.38. The second-order valence-corrected chi connectivity index (χ2v) is 8.95. The quantitative estimate of drug-likeness (QED) is 0.465. The number of halogens is 1. The van der Waals surface area contributed by atoms with E-state index < -0.39 is 0 Å². The van der Waals surface area contributed by atoms with Gasteiger partial charge in [0, 0.05) is 12.1 Å². The molecule has 0 radical (unpaired) electrons. The van der Waals surface area contributed by atoms with Crippen LogP contribution in [0.4, 0.5) is 4.39 Å². The first-order chi connectivity index (χ1) is 15.3. The van der Waals surface area contributed by atoms with Gasteiger partial charge in [-0.2, -0.15) is 0 Å². The van der Waals surface area contributed by atoms with Gasteiger partial charge in [-0.3, -0.25) is 14.7 Å². The van der Waals surface area contributed by atoms with Crippen molar-refractivity contribution in [1.29, 1.82) is 0 Å². The van der Waals surface area contributed by atoms with Crippen molar-refractivity contribution in [1.82, 2.24) is 4.90 Å². The molecule has 0 atom stereocenters. The highest BCUT2D eigenvalue weighted by atomic mass is 32.2. The molecule has 1 saturated heterocycles. The normalized spacial score (nSPS) is 16.6. The summed E-state index contributed by atoms with van der Waals surface area (Å²) in [4.78, 5) is 20.0. The van der Waals surface area contributed by atoms with E-state index in [1.807, 2.05) is 58.9 Å². The molecule has 0 bridgehead atoms. The molecule has 0 aliphatic carbocycles. The maximum Gasteiger partial charge on any atom is 0.266 e. The van der Waals surface area contributed by atoms with Crippen molar-refractivity contribution in [2.45, 2.75) is 53.3 Å². The van der Waals surface area contributed by atoms with Crippen LogP contribution in [0.5, 0.6) is 11.5 Å². The number of aliphatic imine (C=N–C) groups is 1. The highest BCUT2D eigenvalue weighted by molar-refractivity contribution is 8.18. The monoisotopic (exact) mass is 456 g/mol. The van der Waals surface area contributed by atoms with Gasteiger partial charge in [-0.15, -0.1) is 0 Å². The minimum Gasteiger partial charge on any atom is -0.490 e. The molecule has 0 spiro atoms. The van der Waals surface area contributed by atoms with Gasteiger partial charge in [0.25, 0.3) is 5.91 Å². The largest absolute Gasteiger partial charge is 0.490 e. The molecule has 1 heterocycles. The van der Waals surface area contributed by atoms with Gasteiger partial charge in [0.05, 0.1) is 11.5 Å². The third-order valence-electron chi connectivity index (χ3n) is 4.59. The lowest BCUT2D eigenvalue weighted by atomic mass is 10.1. The highest BCUT2D eigenvalue weighted by Gasteiger charge is 2.35. The number of carbonyl (C=O) groups is 1. The predicted molar refractivity (Wildman–Crippen MR) is 128 cm³/mol. The van der Waals surface area contributed by atoms with E-state index in [2.05, 4.69) is 4.99 Å². The summed E-state index contributed by atoms with van der Waals surface area (Å²) >= 11 is 1.40. The van der Waals surface area contributed by atoms with E-state index in [4.69, 9.17) is 9.47 Å². The molecule has 32 heavy (non-hydrogen) atoms. The van der Waals surface area contributed by atoms with Gasteiger partial charge < -0.3 is 9.47 Å². The maximum atomic E-state index is 13.1. The lowest BCUT2D eigenvalue weighted by Gasteiger charge is -2.20. The Kier molecular flexibility index (Phi) is 7.96. The Morgan fingerprint density at radius 3 is 2.41 bits per heavy atom. The van der Waals surface area contributed by atoms with E-state index in [1.54, 1.807) is 17.0 Å². The summed E-state index contributed by atoms with van der Waals surface area (Å²) in [5.74, 6) is 0.864. The Balaban J connectivity index is 1.83. The topological polar surface area (TPSA) is 51.1 Å². The lowest BCUT2D eigenvalue weighted by Crippen LogP contribution is -2.35. The van der Waals surface area contributed by atoms with Crippen LogP contribution in [0.3, 0.4) is 0 Å². The number of rotatable bonds is 8. The van der Waals surface area contributed by atoms with Crippen LogP contribution < -0.4 is 9.47 Å². The average Bonchev–Trinajstić information content (AvgIpc) is 3.03. The minimum atomic E-state index is -0.280. The Morgan fingerprint density at radius 1 is 1.06 bits per heavy atom. The third-order valence-corrected chi connectivity index (χ3v) is 5.59. The molecule has 0 saturated carbocycles. The molecule has 2 aromatic rings. The number of benzene rings is 2. The van der Waals surface area contributed by atoms with Crippen LogP contribution in [-0.2, 0) is 11.4 Å². The number of amidine groups is 1. The molecule has 1 aliphatic rings. The standard InChI is InChI=1S/C25H29FN2O3S/c1-6-30-22-13-19(9-12-21(22)31-15-18-7-10-20(26)11-8-18)14-23-24(29)28(17(4)5)25(32-23)27-16(2)3/h7-14,16-17H,6,15H2,1-5H3/b23-14+,27-25?. The van der Waals surface area contributed by atoms with Gasteiger partial charge in [0.15, 0.2) is 16.7 Å². The van der Waals surface area contributed by atoms with Crippen molar-refractivity contribution >= 4 is 28.9 Å². The number of hydrogen-bond acceptors (Lipinski definition) is 5. The lowest BCUT2D eigenvalue weighted by molar-refractivity contribution is -0.123. The van der Waals surface area contributed by atoms with Crippen LogP contribution in [0, 0.1) is 5.82 Å². The maximum absolute atomic E-state index is 13.1. The van der Waals surface area contributed by atoms with Crippen molar-refractivity contribution < 1.29 is 18.7 Å². The third kappa shape index (κ3) is 5.91. The molecule has 0 N–H and O–H groups in total. The van der Waals surface area contributed by atoms with Crippen molar-refractivity contribution in [3.8, 4) is 11.5 Å². The minimum absolute atomic E-state index is 0.0274. The molecule has 7 heteroatoms. The number of ether oxygens (including phenoxy) is 2.